The number of carbonyl (C=O) groups excluding carboxylic acids is 1. The molecular formula is C17H23N3O3S. The number of hydrogen-bond donors (Lipinski definition) is 1. The fourth-order valence-corrected chi connectivity index (χ4v) is 3.52. The molecule has 1 aliphatic heterocycles. The Bertz CT molecular complexity index is 697. The predicted octanol–water partition coefficient (Wildman–Crippen LogP) is 3.45. The highest BCUT2D eigenvalue weighted by Crippen LogP contribution is 2.25. The molecule has 3 rings (SSSR count). The average molecular weight is 349 g/mol. The topological polar surface area (TPSA) is 67.6 Å². The van der Waals surface area contributed by atoms with Crippen LogP contribution < -0.4 is 5.32 Å². The van der Waals surface area contributed by atoms with E-state index in [1.165, 1.54) is 4.88 Å². The van der Waals surface area contributed by atoms with Gasteiger partial charge in [-0.2, -0.15) is 0 Å². The molecule has 3 heterocycles. The molecule has 1 saturated heterocycles. The van der Waals surface area contributed by atoms with Crippen LogP contribution in [0.1, 0.15) is 47.4 Å². The van der Waals surface area contributed by atoms with E-state index in [1.54, 1.807) is 16.2 Å². The van der Waals surface area contributed by atoms with Crippen LogP contribution in [0.3, 0.4) is 0 Å². The first-order valence-electron chi connectivity index (χ1n) is 8.24. The van der Waals surface area contributed by atoms with E-state index in [0.29, 0.717) is 19.7 Å². The lowest BCUT2D eigenvalue weighted by atomic mass is 10.2. The minimum atomic E-state index is -0.208. The number of thiazole rings is 1. The monoisotopic (exact) mass is 349 g/mol. The molecule has 24 heavy (non-hydrogen) atoms. The van der Waals surface area contributed by atoms with Crippen LogP contribution in [0.2, 0.25) is 0 Å². The second-order valence-electron chi connectivity index (χ2n) is 5.94. The molecule has 130 valence electrons. The Morgan fingerprint density at radius 1 is 1.54 bits per heavy atom. The van der Waals surface area contributed by atoms with Crippen molar-refractivity contribution < 1.29 is 13.9 Å². The highest BCUT2D eigenvalue weighted by atomic mass is 32.1. The third-order valence-electron chi connectivity index (χ3n) is 4.06. The molecule has 2 atom stereocenters. The molecule has 2 aromatic heterocycles. The zero-order valence-electron chi connectivity index (χ0n) is 14.2. The summed E-state index contributed by atoms with van der Waals surface area (Å²) in [4.78, 5) is 19.9. The molecule has 1 N–H and O–H groups in total. The normalized spacial score (nSPS) is 19.3. The maximum Gasteiger partial charge on any atom is 0.318 e. The summed E-state index contributed by atoms with van der Waals surface area (Å²) in [6.07, 6.45) is 2.64. The van der Waals surface area contributed by atoms with E-state index in [-0.39, 0.29) is 18.2 Å². The Labute approximate surface area is 145 Å². The van der Waals surface area contributed by atoms with E-state index >= 15 is 0 Å². The third kappa shape index (κ3) is 3.79. The molecule has 0 bridgehead atoms. The van der Waals surface area contributed by atoms with Crippen LogP contribution in [-0.4, -0.2) is 35.6 Å². The summed E-state index contributed by atoms with van der Waals surface area (Å²) in [5, 5.41) is 3.97. The minimum Gasteiger partial charge on any atom is -0.464 e. The van der Waals surface area contributed by atoms with Gasteiger partial charge in [0.2, 0.25) is 0 Å². The number of hydrogen-bond acceptors (Lipinski definition) is 5. The average Bonchev–Trinajstić information content (AvgIpc) is 3.23. The number of rotatable bonds is 4. The second-order valence-corrected chi connectivity index (χ2v) is 7.09. The van der Waals surface area contributed by atoms with E-state index in [1.807, 2.05) is 32.2 Å². The molecule has 0 spiro atoms. The number of ether oxygens (including phenoxy) is 1. The van der Waals surface area contributed by atoms with Gasteiger partial charge in [-0.3, -0.25) is 0 Å². The van der Waals surface area contributed by atoms with Gasteiger partial charge in [0, 0.05) is 17.6 Å². The minimum absolute atomic E-state index is 0.0904. The van der Waals surface area contributed by atoms with Crippen molar-refractivity contribution in [3.63, 3.8) is 0 Å². The molecular weight excluding hydrogens is 326 g/mol. The van der Waals surface area contributed by atoms with Crippen molar-refractivity contribution >= 4 is 17.4 Å². The van der Waals surface area contributed by atoms with E-state index < -0.39 is 0 Å². The maximum atomic E-state index is 12.5. The van der Waals surface area contributed by atoms with Crippen molar-refractivity contribution in [1.29, 1.82) is 0 Å². The number of carbonyl (C=O) groups is 1. The zero-order chi connectivity index (χ0) is 17.1. The highest BCUT2D eigenvalue weighted by Gasteiger charge is 2.28. The number of amides is 2. The lowest BCUT2D eigenvalue weighted by Gasteiger charge is -2.32. The smallest absolute Gasteiger partial charge is 0.318 e. The van der Waals surface area contributed by atoms with Gasteiger partial charge in [0.1, 0.15) is 22.6 Å². The summed E-state index contributed by atoms with van der Waals surface area (Å²) in [5.41, 5.74) is 0. The Hall–Kier alpha value is -1.86. The zero-order valence-corrected chi connectivity index (χ0v) is 15.1. The summed E-state index contributed by atoms with van der Waals surface area (Å²) in [5.74, 6) is 1.62. The van der Waals surface area contributed by atoms with Crippen molar-refractivity contribution in [3.05, 3.63) is 39.7 Å². The summed E-state index contributed by atoms with van der Waals surface area (Å²) in [6, 6.07) is 3.63. The lowest BCUT2D eigenvalue weighted by Crippen LogP contribution is -2.47. The fraction of sp³-hybridized carbons (Fsp3) is 0.529. The molecule has 0 saturated carbocycles. The molecule has 0 aliphatic carbocycles. The molecule has 0 radical (unpaired) electrons. The Balaban J connectivity index is 1.59. The van der Waals surface area contributed by atoms with Gasteiger partial charge in [-0.05, 0) is 32.4 Å². The first-order valence-corrected chi connectivity index (χ1v) is 9.06. The van der Waals surface area contributed by atoms with Gasteiger partial charge in [-0.1, -0.05) is 6.92 Å². The second kappa shape index (κ2) is 7.36. The van der Waals surface area contributed by atoms with Gasteiger partial charge < -0.3 is 19.4 Å². The number of aromatic nitrogens is 1. The van der Waals surface area contributed by atoms with Crippen LogP contribution >= 0.6 is 11.3 Å². The maximum absolute atomic E-state index is 12.5. The highest BCUT2D eigenvalue weighted by molar-refractivity contribution is 7.11. The van der Waals surface area contributed by atoms with Gasteiger partial charge in [0.15, 0.2) is 0 Å². The van der Waals surface area contributed by atoms with E-state index in [2.05, 4.69) is 17.2 Å². The van der Waals surface area contributed by atoms with Crippen LogP contribution in [0.4, 0.5) is 4.79 Å². The van der Waals surface area contributed by atoms with Crippen molar-refractivity contribution in [1.82, 2.24) is 15.2 Å². The molecule has 0 unspecified atom stereocenters. The van der Waals surface area contributed by atoms with Gasteiger partial charge in [0.05, 0.1) is 19.2 Å². The van der Waals surface area contributed by atoms with E-state index in [4.69, 9.17) is 9.15 Å². The summed E-state index contributed by atoms with van der Waals surface area (Å²) in [6.45, 7) is 7.53. The first kappa shape index (κ1) is 17.0. The van der Waals surface area contributed by atoms with Crippen molar-refractivity contribution in [2.45, 2.75) is 39.3 Å². The van der Waals surface area contributed by atoms with Crippen molar-refractivity contribution in [3.8, 4) is 0 Å². The molecule has 1 aliphatic rings. The molecule has 6 nitrogen and oxygen atoms in total. The van der Waals surface area contributed by atoms with Gasteiger partial charge in [-0.15, -0.1) is 11.3 Å². The van der Waals surface area contributed by atoms with Crippen molar-refractivity contribution in [2.24, 2.45) is 0 Å². The molecule has 7 heteroatoms. The van der Waals surface area contributed by atoms with Gasteiger partial charge in [0.25, 0.3) is 0 Å². The molecule has 2 amide bonds. The van der Waals surface area contributed by atoms with E-state index in [9.17, 15) is 4.79 Å². The Kier molecular flexibility index (Phi) is 5.20. The number of aryl methyl sites for hydroxylation is 2. The largest absolute Gasteiger partial charge is 0.464 e. The Morgan fingerprint density at radius 2 is 2.38 bits per heavy atom. The van der Waals surface area contributed by atoms with Crippen LogP contribution in [0.15, 0.2) is 22.7 Å². The summed E-state index contributed by atoms with van der Waals surface area (Å²) >= 11 is 1.65. The number of morpholine rings is 1. The third-order valence-corrected chi connectivity index (χ3v) is 5.39. The van der Waals surface area contributed by atoms with Crippen LogP contribution in [0.5, 0.6) is 0 Å². The van der Waals surface area contributed by atoms with Crippen LogP contribution in [-0.2, 0) is 11.2 Å². The quantitative estimate of drug-likeness (QED) is 0.918. The first-order chi connectivity index (χ1) is 11.6. The fourth-order valence-electron chi connectivity index (χ4n) is 2.66. The number of nitrogens with one attached hydrogen (secondary N) is 1. The lowest BCUT2D eigenvalue weighted by molar-refractivity contribution is -0.0266. The summed E-state index contributed by atoms with van der Waals surface area (Å²) in [7, 11) is 0. The Morgan fingerprint density at radius 3 is 3.04 bits per heavy atom. The van der Waals surface area contributed by atoms with Crippen molar-refractivity contribution in [2.75, 3.05) is 19.7 Å². The summed E-state index contributed by atoms with van der Waals surface area (Å²) < 4.78 is 11.4. The predicted molar refractivity (Wildman–Crippen MR) is 92.1 cm³/mol. The van der Waals surface area contributed by atoms with Gasteiger partial charge >= 0.3 is 6.03 Å². The number of nitrogens with zero attached hydrogens (tertiary/aromatic N) is 2. The molecule has 1 fully saturated rings. The van der Waals surface area contributed by atoms with E-state index in [0.717, 1.165) is 22.9 Å². The number of urea groups is 1. The standard InChI is InChI=1S/C17H23N3O3S/c1-4-13-9-18-16(24-13)12(3)19-17(21)20-7-8-22-15(10-20)14-6-5-11(2)23-14/h5-6,9,12,15H,4,7-8,10H2,1-3H3,(H,19,21)/t12-,15+/m1/s1. The molecule has 0 aromatic carbocycles. The molecule has 2 aromatic rings. The van der Waals surface area contributed by atoms with Crippen LogP contribution in [0.25, 0.3) is 0 Å². The van der Waals surface area contributed by atoms with Gasteiger partial charge in [-0.25, -0.2) is 9.78 Å². The SMILES string of the molecule is CCc1cnc([C@@H](C)NC(=O)N2CCO[C@H](c3ccc(C)o3)C2)s1. The van der Waals surface area contributed by atoms with Crippen LogP contribution in [0, 0.1) is 6.92 Å². The number of furan rings is 1.